The third kappa shape index (κ3) is 2.20. The van der Waals surface area contributed by atoms with Gasteiger partial charge in [0.1, 0.15) is 6.26 Å². The average molecular weight is 187 g/mol. The van der Waals surface area contributed by atoms with Crippen LogP contribution in [0.4, 0.5) is 5.69 Å². The molecular weight excluding hydrogens is 178 g/mol. The largest absolute Gasteiger partial charge is 0.364 e. The van der Waals surface area contributed by atoms with Crippen molar-refractivity contribution < 1.29 is 4.52 Å². The zero-order valence-electron chi connectivity index (χ0n) is 7.42. The fraction of sp³-hybridized carbons (Fsp3) is 0. The van der Waals surface area contributed by atoms with Crippen molar-refractivity contribution in [3.05, 3.63) is 48.4 Å². The maximum absolute atomic E-state index is 4.65. The number of hydrogen-bond acceptors (Lipinski definition) is 4. The Kier molecular flexibility index (Phi) is 2.56. The molecule has 0 radical (unpaired) electrons. The van der Waals surface area contributed by atoms with Crippen LogP contribution in [-0.4, -0.2) is 11.4 Å². The zero-order chi connectivity index (χ0) is 9.64. The number of hydrogen-bond donors (Lipinski definition) is 1. The second-order valence-electron chi connectivity index (χ2n) is 2.69. The van der Waals surface area contributed by atoms with E-state index in [1.54, 1.807) is 12.4 Å². The first-order valence-corrected chi connectivity index (χ1v) is 4.18. The first-order valence-electron chi connectivity index (χ1n) is 4.18. The van der Waals surface area contributed by atoms with Gasteiger partial charge < -0.3 is 4.52 Å². The fourth-order valence-electron chi connectivity index (χ4n) is 0.971. The number of rotatable bonds is 3. The van der Waals surface area contributed by atoms with Gasteiger partial charge >= 0.3 is 0 Å². The summed E-state index contributed by atoms with van der Waals surface area (Å²) in [5.74, 6) is 0. The van der Waals surface area contributed by atoms with E-state index in [0.29, 0.717) is 0 Å². The minimum atomic E-state index is 0.827. The molecule has 0 fully saturated rings. The van der Waals surface area contributed by atoms with Crippen molar-refractivity contribution in [3.8, 4) is 0 Å². The van der Waals surface area contributed by atoms with Crippen LogP contribution in [0.5, 0.6) is 0 Å². The summed E-state index contributed by atoms with van der Waals surface area (Å²) in [6.45, 7) is 0. The van der Waals surface area contributed by atoms with Crippen molar-refractivity contribution >= 4 is 11.9 Å². The molecule has 4 heteroatoms. The summed E-state index contributed by atoms with van der Waals surface area (Å²) < 4.78 is 4.65. The van der Waals surface area contributed by atoms with E-state index in [4.69, 9.17) is 0 Å². The maximum Gasteiger partial charge on any atom is 0.132 e. The van der Waals surface area contributed by atoms with Gasteiger partial charge in [-0.2, -0.15) is 5.10 Å². The molecule has 0 aliphatic carbocycles. The summed E-state index contributed by atoms with van der Waals surface area (Å²) in [6, 6.07) is 9.71. The van der Waals surface area contributed by atoms with Gasteiger partial charge in [-0.3, -0.25) is 5.43 Å². The van der Waals surface area contributed by atoms with Crippen molar-refractivity contribution in [3.63, 3.8) is 0 Å². The van der Waals surface area contributed by atoms with E-state index in [1.807, 2.05) is 30.3 Å². The molecule has 0 bridgehead atoms. The molecule has 2 rings (SSSR count). The highest BCUT2D eigenvalue weighted by Crippen LogP contribution is 2.04. The SMILES string of the molecule is C(=N\Nc1ccccc1)/c1cnoc1. The van der Waals surface area contributed by atoms with Gasteiger partial charge in [0.25, 0.3) is 0 Å². The van der Waals surface area contributed by atoms with E-state index in [9.17, 15) is 0 Å². The number of aromatic nitrogens is 1. The number of nitrogens with zero attached hydrogens (tertiary/aromatic N) is 2. The summed E-state index contributed by atoms with van der Waals surface area (Å²) in [5, 5.41) is 7.56. The normalized spacial score (nSPS) is 10.6. The summed E-state index contributed by atoms with van der Waals surface area (Å²) >= 11 is 0. The molecule has 0 spiro atoms. The molecule has 0 atom stereocenters. The molecule has 1 N–H and O–H groups in total. The smallest absolute Gasteiger partial charge is 0.132 e. The summed E-state index contributed by atoms with van der Waals surface area (Å²) in [7, 11) is 0. The molecule has 0 aliphatic heterocycles. The first kappa shape index (κ1) is 8.50. The average Bonchev–Trinajstić information content (AvgIpc) is 2.72. The number of para-hydroxylation sites is 1. The summed E-state index contributed by atoms with van der Waals surface area (Å²) in [5.41, 5.74) is 4.65. The lowest BCUT2D eigenvalue weighted by Gasteiger charge is -1.96. The van der Waals surface area contributed by atoms with Gasteiger partial charge in [0, 0.05) is 0 Å². The molecular formula is C10H9N3O. The third-order valence-corrected chi connectivity index (χ3v) is 1.63. The van der Waals surface area contributed by atoms with E-state index < -0.39 is 0 Å². The first-order chi connectivity index (χ1) is 6.95. The summed E-state index contributed by atoms with van der Waals surface area (Å²) in [4.78, 5) is 0. The summed E-state index contributed by atoms with van der Waals surface area (Å²) in [6.07, 6.45) is 4.76. The second-order valence-corrected chi connectivity index (χ2v) is 2.69. The van der Waals surface area contributed by atoms with Gasteiger partial charge in [-0.1, -0.05) is 23.4 Å². The standard InChI is InChI=1S/C10H9N3O/c1-2-4-10(5-3-1)13-11-6-9-7-12-14-8-9/h1-8,13H/b11-6+. The molecule has 2 aromatic rings. The zero-order valence-corrected chi connectivity index (χ0v) is 7.42. The van der Waals surface area contributed by atoms with Crippen LogP contribution in [-0.2, 0) is 0 Å². The molecule has 4 nitrogen and oxygen atoms in total. The van der Waals surface area contributed by atoms with Crippen LogP contribution in [0.15, 0.2) is 52.4 Å². The van der Waals surface area contributed by atoms with Crippen LogP contribution in [0.1, 0.15) is 5.56 Å². The minimum absolute atomic E-state index is 0.827. The number of benzene rings is 1. The monoisotopic (exact) mass is 187 g/mol. The van der Waals surface area contributed by atoms with E-state index in [2.05, 4.69) is 20.2 Å². The quantitative estimate of drug-likeness (QED) is 0.591. The topological polar surface area (TPSA) is 50.4 Å². The Morgan fingerprint density at radius 1 is 1.29 bits per heavy atom. The van der Waals surface area contributed by atoms with Crippen LogP contribution >= 0.6 is 0 Å². The van der Waals surface area contributed by atoms with Crippen LogP contribution in [0, 0.1) is 0 Å². The Balaban J connectivity index is 1.95. The number of hydrazone groups is 1. The van der Waals surface area contributed by atoms with Gasteiger partial charge in [-0.15, -0.1) is 0 Å². The Morgan fingerprint density at radius 3 is 2.86 bits per heavy atom. The Morgan fingerprint density at radius 2 is 2.14 bits per heavy atom. The molecule has 0 aliphatic rings. The Bertz CT molecular complexity index is 395. The lowest BCUT2D eigenvalue weighted by Crippen LogP contribution is -1.88. The van der Waals surface area contributed by atoms with Crippen LogP contribution in [0.25, 0.3) is 0 Å². The van der Waals surface area contributed by atoms with Crippen molar-refractivity contribution in [1.82, 2.24) is 5.16 Å². The van der Waals surface area contributed by atoms with Gasteiger partial charge in [-0.25, -0.2) is 0 Å². The van der Waals surface area contributed by atoms with Crippen LogP contribution < -0.4 is 5.43 Å². The molecule has 0 saturated heterocycles. The van der Waals surface area contributed by atoms with Crippen molar-refractivity contribution in [2.75, 3.05) is 5.43 Å². The molecule has 70 valence electrons. The highest BCUT2D eigenvalue weighted by atomic mass is 16.5. The van der Waals surface area contributed by atoms with Gasteiger partial charge in [0.15, 0.2) is 0 Å². The number of nitrogens with one attached hydrogen (secondary N) is 1. The van der Waals surface area contributed by atoms with Gasteiger partial charge in [-0.05, 0) is 12.1 Å². The second kappa shape index (κ2) is 4.23. The predicted molar refractivity (Wildman–Crippen MR) is 54.2 cm³/mol. The van der Waals surface area contributed by atoms with Crippen LogP contribution in [0.2, 0.25) is 0 Å². The molecule has 1 aromatic carbocycles. The molecule has 0 unspecified atom stereocenters. The molecule has 1 aromatic heterocycles. The maximum atomic E-state index is 4.65. The lowest BCUT2D eigenvalue weighted by atomic mass is 10.3. The van der Waals surface area contributed by atoms with E-state index in [-0.39, 0.29) is 0 Å². The third-order valence-electron chi connectivity index (χ3n) is 1.63. The van der Waals surface area contributed by atoms with Crippen molar-refractivity contribution in [2.45, 2.75) is 0 Å². The molecule has 0 amide bonds. The Labute approximate surface area is 81.2 Å². The molecule has 14 heavy (non-hydrogen) atoms. The minimum Gasteiger partial charge on any atom is -0.364 e. The predicted octanol–water partition coefficient (Wildman–Crippen LogP) is 2.12. The van der Waals surface area contributed by atoms with E-state index >= 15 is 0 Å². The van der Waals surface area contributed by atoms with E-state index in [1.165, 1.54) is 6.26 Å². The van der Waals surface area contributed by atoms with Crippen LogP contribution in [0.3, 0.4) is 0 Å². The number of anilines is 1. The van der Waals surface area contributed by atoms with E-state index in [0.717, 1.165) is 11.3 Å². The Hall–Kier alpha value is -2.10. The molecule has 1 heterocycles. The van der Waals surface area contributed by atoms with Gasteiger partial charge in [0.2, 0.25) is 0 Å². The molecule has 0 saturated carbocycles. The highest BCUT2D eigenvalue weighted by molar-refractivity contribution is 5.78. The van der Waals surface area contributed by atoms with Crippen molar-refractivity contribution in [2.24, 2.45) is 5.10 Å². The lowest BCUT2D eigenvalue weighted by molar-refractivity contribution is 0.419. The highest BCUT2D eigenvalue weighted by Gasteiger charge is 1.88. The fourth-order valence-corrected chi connectivity index (χ4v) is 0.971. The van der Waals surface area contributed by atoms with Crippen molar-refractivity contribution in [1.29, 1.82) is 0 Å². The van der Waals surface area contributed by atoms with Gasteiger partial charge in [0.05, 0.1) is 23.7 Å².